The van der Waals surface area contributed by atoms with Crippen LogP contribution in [0.15, 0.2) is 54.7 Å². The first-order valence-corrected chi connectivity index (χ1v) is 9.34. The number of carbonyl (C=O) groups excluding carboxylic acids is 1. The SMILES string of the molecule is C[NH+]1CCN(c2ccc(CNC(=O)c3cnc4ccccc4n3)cc2)CC1. The summed E-state index contributed by atoms with van der Waals surface area (Å²) in [5.74, 6) is -0.209. The number of carbonyl (C=O) groups is 1. The fourth-order valence-corrected chi connectivity index (χ4v) is 3.31. The van der Waals surface area contributed by atoms with Gasteiger partial charge >= 0.3 is 0 Å². The molecule has 0 spiro atoms. The molecular weight excluding hydrogens is 338 g/mol. The Morgan fingerprint density at radius 2 is 1.78 bits per heavy atom. The molecular formula is C21H24N5O+. The summed E-state index contributed by atoms with van der Waals surface area (Å²) in [6.45, 7) is 4.99. The van der Waals surface area contributed by atoms with E-state index >= 15 is 0 Å². The predicted molar refractivity (Wildman–Crippen MR) is 106 cm³/mol. The minimum absolute atomic E-state index is 0.209. The first-order valence-electron chi connectivity index (χ1n) is 9.34. The molecule has 1 fully saturated rings. The lowest BCUT2D eigenvalue weighted by atomic mass is 10.1. The number of hydrogen-bond acceptors (Lipinski definition) is 4. The van der Waals surface area contributed by atoms with Crippen LogP contribution < -0.4 is 15.1 Å². The first-order chi connectivity index (χ1) is 13.2. The summed E-state index contributed by atoms with van der Waals surface area (Å²) in [4.78, 5) is 25.1. The zero-order chi connectivity index (χ0) is 18.6. The molecule has 2 aromatic carbocycles. The summed E-state index contributed by atoms with van der Waals surface area (Å²) < 4.78 is 0. The number of aromatic nitrogens is 2. The molecule has 0 radical (unpaired) electrons. The summed E-state index contributed by atoms with van der Waals surface area (Å²) in [6, 6.07) is 16.0. The molecule has 3 aromatic rings. The highest BCUT2D eigenvalue weighted by molar-refractivity contribution is 5.93. The van der Waals surface area contributed by atoms with Crippen molar-refractivity contribution in [3.63, 3.8) is 0 Å². The number of fused-ring (bicyclic) bond motifs is 1. The number of benzene rings is 2. The van der Waals surface area contributed by atoms with Gasteiger partial charge in [-0.05, 0) is 29.8 Å². The number of quaternary nitrogens is 1. The number of amides is 1. The van der Waals surface area contributed by atoms with Crippen molar-refractivity contribution in [3.8, 4) is 0 Å². The van der Waals surface area contributed by atoms with E-state index in [-0.39, 0.29) is 5.91 Å². The Balaban J connectivity index is 1.37. The van der Waals surface area contributed by atoms with Gasteiger partial charge in [-0.2, -0.15) is 0 Å². The van der Waals surface area contributed by atoms with Crippen LogP contribution in [0.2, 0.25) is 0 Å². The van der Waals surface area contributed by atoms with Gasteiger partial charge in [-0.15, -0.1) is 0 Å². The summed E-state index contributed by atoms with van der Waals surface area (Å²) >= 11 is 0. The maximum Gasteiger partial charge on any atom is 0.271 e. The van der Waals surface area contributed by atoms with Crippen molar-refractivity contribution in [2.24, 2.45) is 0 Å². The molecule has 0 saturated carbocycles. The summed E-state index contributed by atoms with van der Waals surface area (Å²) in [7, 11) is 2.24. The summed E-state index contributed by atoms with van der Waals surface area (Å²) in [5.41, 5.74) is 4.17. The van der Waals surface area contributed by atoms with Gasteiger partial charge in [0.25, 0.3) is 5.91 Å². The fourth-order valence-electron chi connectivity index (χ4n) is 3.31. The average Bonchev–Trinajstić information content (AvgIpc) is 2.72. The van der Waals surface area contributed by atoms with Crippen molar-refractivity contribution in [2.45, 2.75) is 6.54 Å². The van der Waals surface area contributed by atoms with Crippen LogP contribution in [-0.2, 0) is 6.54 Å². The van der Waals surface area contributed by atoms with E-state index in [1.807, 2.05) is 24.3 Å². The van der Waals surface area contributed by atoms with Gasteiger partial charge in [-0.1, -0.05) is 24.3 Å². The molecule has 6 heteroatoms. The van der Waals surface area contributed by atoms with Crippen molar-refractivity contribution >= 4 is 22.6 Å². The average molecular weight is 362 g/mol. The Labute approximate surface area is 158 Å². The third-order valence-corrected chi connectivity index (χ3v) is 5.05. The quantitative estimate of drug-likeness (QED) is 0.724. The van der Waals surface area contributed by atoms with Crippen LogP contribution in [0, 0.1) is 0 Å². The highest BCUT2D eigenvalue weighted by Crippen LogP contribution is 2.15. The van der Waals surface area contributed by atoms with Crippen LogP contribution in [0.25, 0.3) is 11.0 Å². The summed E-state index contributed by atoms with van der Waals surface area (Å²) in [5, 5.41) is 2.93. The molecule has 27 heavy (non-hydrogen) atoms. The Hall–Kier alpha value is -2.99. The molecule has 1 aliphatic rings. The van der Waals surface area contributed by atoms with E-state index in [9.17, 15) is 4.79 Å². The number of rotatable bonds is 4. The third-order valence-electron chi connectivity index (χ3n) is 5.05. The number of nitrogens with one attached hydrogen (secondary N) is 2. The Kier molecular flexibility index (Phi) is 4.98. The molecule has 1 saturated heterocycles. The third kappa shape index (κ3) is 4.06. The topological polar surface area (TPSA) is 62.6 Å². The molecule has 1 aliphatic heterocycles. The standard InChI is InChI=1S/C21H23N5O/c1-25-10-12-26(13-11-25)17-8-6-16(7-9-17)14-23-21(27)20-15-22-18-4-2-3-5-19(18)24-20/h2-9,15H,10-14H2,1H3,(H,23,27)/p+1. The molecule has 1 amide bonds. The molecule has 1 aromatic heterocycles. The summed E-state index contributed by atoms with van der Waals surface area (Å²) in [6.07, 6.45) is 1.52. The maximum atomic E-state index is 12.4. The van der Waals surface area contributed by atoms with Gasteiger partial charge in [-0.25, -0.2) is 4.98 Å². The molecule has 0 bridgehead atoms. The Morgan fingerprint density at radius 3 is 2.52 bits per heavy atom. The molecule has 0 unspecified atom stereocenters. The van der Waals surface area contributed by atoms with Gasteiger partial charge in [0.05, 0.1) is 50.5 Å². The second-order valence-electron chi connectivity index (χ2n) is 7.04. The zero-order valence-electron chi connectivity index (χ0n) is 15.5. The molecule has 2 heterocycles. The fraction of sp³-hybridized carbons (Fsp3) is 0.286. The molecule has 138 valence electrons. The number of hydrogen-bond donors (Lipinski definition) is 2. The largest absolute Gasteiger partial charge is 0.360 e. The zero-order valence-corrected chi connectivity index (χ0v) is 15.5. The van der Waals surface area contributed by atoms with Crippen molar-refractivity contribution in [2.75, 3.05) is 38.1 Å². The van der Waals surface area contributed by atoms with Gasteiger partial charge in [0.2, 0.25) is 0 Å². The van der Waals surface area contributed by atoms with E-state index in [4.69, 9.17) is 0 Å². The van der Waals surface area contributed by atoms with Gasteiger partial charge in [0, 0.05) is 12.2 Å². The van der Waals surface area contributed by atoms with Crippen LogP contribution in [0.1, 0.15) is 16.1 Å². The number of piperazine rings is 1. The monoisotopic (exact) mass is 362 g/mol. The van der Waals surface area contributed by atoms with Crippen LogP contribution in [-0.4, -0.2) is 49.1 Å². The van der Waals surface area contributed by atoms with Crippen LogP contribution in [0.3, 0.4) is 0 Å². The van der Waals surface area contributed by atoms with Crippen molar-refractivity contribution in [1.29, 1.82) is 0 Å². The Morgan fingerprint density at radius 1 is 1.07 bits per heavy atom. The minimum Gasteiger partial charge on any atom is -0.360 e. The van der Waals surface area contributed by atoms with Crippen LogP contribution in [0.4, 0.5) is 5.69 Å². The molecule has 6 nitrogen and oxygen atoms in total. The second-order valence-corrected chi connectivity index (χ2v) is 7.04. The maximum absolute atomic E-state index is 12.4. The second kappa shape index (κ2) is 7.72. The van der Waals surface area contributed by atoms with Crippen LogP contribution in [0.5, 0.6) is 0 Å². The Bertz CT molecular complexity index is 933. The molecule has 0 aliphatic carbocycles. The molecule has 2 N–H and O–H groups in total. The van der Waals surface area contributed by atoms with E-state index < -0.39 is 0 Å². The number of likely N-dealkylation sites (N-methyl/N-ethyl adjacent to an activating group) is 1. The normalized spacial score (nSPS) is 15.1. The van der Waals surface area contributed by atoms with E-state index in [0.717, 1.165) is 29.7 Å². The molecule has 4 rings (SSSR count). The van der Waals surface area contributed by atoms with Crippen LogP contribution >= 0.6 is 0 Å². The number of nitrogens with zero attached hydrogens (tertiary/aromatic N) is 3. The van der Waals surface area contributed by atoms with Crippen molar-refractivity contribution in [1.82, 2.24) is 15.3 Å². The van der Waals surface area contributed by atoms with Gasteiger partial charge in [0.1, 0.15) is 5.69 Å². The van der Waals surface area contributed by atoms with Crippen molar-refractivity contribution in [3.05, 3.63) is 66.0 Å². The smallest absolute Gasteiger partial charge is 0.271 e. The van der Waals surface area contributed by atoms with E-state index in [0.29, 0.717) is 12.2 Å². The highest BCUT2D eigenvalue weighted by atomic mass is 16.1. The van der Waals surface area contributed by atoms with Gasteiger partial charge in [0.15, 0.2) is 0 Å². The number of anilines is 1. The van der Waals surface area contributed by atoms with Crippen molar-refractivity contribution < 1.29 is 9.69 Å². The minimum atomic E-state index is -0.209. The van der Waals surface area contributed by atoms with Gasteiger partial charge in [-0.3, -0.25) is 9.78 Å². The van der Waals surface area contributed by atoms with Gasteiger partial charge < -0.3 is 15.1 Å². The predicted octanol–water partition coefficient (Wildman–Crippen LogP) is 0.895. The lowest BCUT2D eigenvalue weighted by Gasteiger charge is -2.31. The van der Waals surface area contributed by atoms with E-state index in [2.05, 4.69) is 51.5 Å². The van der Waals surface area contributed by atoms with E-state index in [1.165, 1.54) is 25.0 Å². The lowest BCUT2D eigenvalue weighted by Crippen LogP contribution is -3.12. The van der Waals surface area contributed by atoms with E-state index in [1.54, 1.807) is 4.90 Å². The lowest BCUT2D eigenvalue weighted by molar-refractivity contribution is -0.880. The number of para-hydroxylation sites is 2. The highest BCUT2D eigenvalue weighted by Gasteiger charge is 2.16. The molecule has 0 atom stereocenters. The first kappa shape index (κ1) is 17.4.